The van der Waals surface area contributed by atoms with Crippen LogP contribution in [0, 0.1) is 11.6 Å². The molecule has 3 aromatic rings. The maximum atomic E-state index is 13.7. The van der Waals surface area contributed by atoms with Crippen LogP contribution in [0.2, 0.25) is 0 Å². The number of aliphatic hydroxyl groups is 1. The minimum atomic E-state index is -3.84. The topological polar surface area (TPSA) is 83.0 Å². The second-order valence-corrected chi connectivity index (χ2v) is 7.67. The first kappa shape index (κ1) is 16.5. The lowest BCUT2D eigenvalue weighted by molar-refractivity contribution is 0.356. The summed E-state index contributed by atoms with van der Waals surface area (Å²) in [7, 11) is -3.84. The summed E-state index contributed by atoms with van der Waals surface area (Å²) in [6.45, 7) is 1.40. The average molecular weight is 352 g/mol. The van der Waals surface area contributed by atoms with Crippen LogP contribution < -0.4 is 0 Å². The summed E-state index contributed by atoms with van der Waals surface area (Å²) in [6.07, 6.45) is 1.52. The van der Waals surface area contributed by atoms with Gasteiger partial charge < -0.3 is 10.1 Å². The predicted octanol–water partition coefficient (Wildman–Crippen LogP) is 2.93. The van der Waals surface area contributed by atoms with Gasteiger partial charge in [0.05, 0.1) is 5.69 Å². The molecule has 126 valence electrons. The highest BCUT2D eigenvalue weighted by atomic mass is 32.2. The number of aliphatic hydroxyl groups excluding tert-OH is 1. The van der Waals surface area contributed by atoms with E-state index in [2.05, 4.69) is 9.97 Å². The molecule has 0 fully saturated rings. The Labute approximate surface area is 136 Å². The summed E-state index contributed by atoms with van der Waals surface area (Å²) in [5.74, 6) is -3.11. The first-order valence-corrected chi connectivity index (χ1v) is 8.81. The number of aromatic amines is 1. The van der Waals surface area contributed by atoms with Crippen LogP contribution in [-0.4, -0.2) is 29.4 Å². The molecule has 2 N–H and O–H groups in total. The summed E-state index contributed by atoms with van der Waals surface area (Å²) in [5.41, 5.74) is 1.27. The van der Waals surface area contributed by atoms with Crippen molar-refractivity contribution in [1.82, 2.24) is 9.97 Å². The number of aromatic nitrogens is 2. The van der Waals surface area contributed by atoms with Crippen molar-refractivity contribution < 1.29 is 22.3 Å². The van der Waals surface area contributed by atoms with E-state index in [0.717, 1.165) is 12.1 Å². The quantitative estimate of drug-likeness (QED) is 0.756. The summed E-state index contributed by atoms with van der Waals surface area (Å²) in [6, 6.07) is 7.01. The van der Waals surface area contributed by atoms with Crippen molar-refractivity contribution in [3.63, 3.8) is 0 Å². The third kappa shape index (κ3) is 2.67. The monoisotopic (exact) mass is 352 g/mol. The molecule has 2 heterocycles. The highest BCUT2D eigenvalue weighted by Crippen LogP contribution is 2.37. The van der Waals surface area contributed by atoms with E-state index in [4.69, 9.17) is 5.11 Å². The van der Waals surface area contributed by atoms with Crippen LogP contribution in [0.3, 0.4) is 0 Å². The summed E-state index contributed by atoms with van der Waals surface area (Å²) in [5, 5.41) is 8.34. The van der Waals surface area contributed by atoms with Crippen LogP contribution >= 0.6 is 0 Å². The van der Waals surface area contributed by atoms with E-state index in [-0.39, 0.29) is 11.2 Å². The van der Waals surface area contributed by atoms with Crippen LogP contribution in [0.1, 0.15) is 17.9 Å². The first-order valence-electron chi connectivity index (χ1n) is 7.09. The Morgan fingerprint density at radius 2 is 1.96 bits per heavy atom. The van der Waals surface area contributed by atoms with Crippen LogP contribution in [0.15, 0.2) is 36.5 Å². The molecule has 0 saturated heterocycles. The zero-order valence-corrected chi connectivity index (χ0v) is 13.4. The number of fused-ring (bicyclic) bond motifs is 1. The highest BCUT2D eigenvalue weighted by molar-refractivity contribution is 7.91. The Kier molecular flexibility index (Phi) is 4.10. The average Bonchev–Trinajstić information content (AvgIpc) is 2.93. The Bertz CT molecular complexity index is 1000. The number of sulfone groups is 1. The molecule has 0 aliphatic rings. The number of halogens is 2. The molecule has 8 heteroatoms. The Hall–Kier alpha value is -2.32. The molecular weight excluding hydrogens is 338 g/mol. The van der Waals surface area contributed by atoms with Crippen molar-refractivity contribution in [2.45, 2.75) is 12.2 Å². The van der Waals surface area contributed by atoms with Gasteiger partial charge in [-0.2, -0.15) is 0 Å². The van der Waals surface area contributed by atoms with Crippen molar-refractivity contribution in [1.29, 1.82) is 0 Å². The molecule has 1 aromatic carbocycles. The van der Waals surface area contributed by atoms with Gasteiger partial charge in [0.1, 0.15) is 11.2 Å². The fourth-order valence-corrected chi connectivity index (χ4v) is 3.35. The standard InChI is InChI=1S/C16H14F2N2O3S/c1-9(24(22,23)8-21)16-15(13-4-2-3-5-19-13)10-6-11(17)12(18)7-14(10)20-16/h2-7,9,20-21H,8H2,1H3. The molecule has 0 aliphatic heterocycles. The molecule has 0 amide bonds. The number of hydrogen-bond donors (Lipinski definition) is 2. The van der Waals surface area contributed by atoms with Crippen molar-refractivity contribution in [3.05, 3.63) is 53.9 Å². The second kappa shape index (κ2) is 5.95. The van der Waals surface area contributed by atoms with Crippen LogP contribution in [0.4, 0.5) is 8.78 Å². The van der Waals surface area contributed by atoms with Gasteiger partial charge in [0.2, 0.25) is 0 Å². The molecule has 2 aromatic heterocycles. The van der Waals surface area contributed by atoms with Gasteiger partial charge in [-0.3, -0.25) is 4.98 Å². The van der Waals surface area contributed by atoms with E-state index in [0.29, 0.717) is 16.6 Å². The van der Waals surface area contributed by atoms with E-state index >= 15 is 0 Å². The lowest BCUT2D eigenvalue weighted by atomic mass is 10.1. The number of nitrogens with one attached hydrogen (secondary N) is 1. The molecule has 0 radical (unpaired) electrons. The van der Waals surface area contributed by atoms with Gasteiger partial charge in [-0.15, -0.1) is 0 Å². The van der Waals surface area contributed by atoms with E-state index in [1.165, 1.54) is 13.1 Å². The third-order valence-electron chi connectivity index (χ3n) is 3.91. The molecule has 3 rings (SSSR count). The van der Waals surface area contributed by atoms with Crippen LogP contribution in [0.5, 0.6) is 0 Å². The van der Waals surface area contributed by atoms with Crippen molar-refractivity contribution in [2.24, 2.45) is 0 Å². The summed E-state index contributed by atoms with van der Waals surface area (Å²) in [4.78, 5) is 7.01. The molecule has 0 aliphatic carbocycles. The molecule has 0 bridgehead atoms. The zero-order valence-electron chi connectivity index (χ0n) is 12.6. The molecule has 1 atom stereocenters. The molecule has 0 saturated carbocycles. The van der Waals surface area contributed by atoms with Gasteiger partial charge in [-0.05, 0) is 25.1 Å². The minimum Gasteiger partial charge on any atom is -0.380 e. The number of nitrogens with zero attached hydrogens (tertiary/aromatic N) is 1. The largest absolute Gasteiger partial charge is 0.380 e. The van der Waals surface area contributed by atoms with Crippen molar-refractivity contribution >= 4 is 20.7 Å². The van der Waals surface area contributed by atoms with E-state index < -0.39 is 32.7 Å². The Morgan fingerprint density at radius 3 is 2.58 bits per heavy atom. The van der Waals surface area contributed by atoms with Crippen molar-refractivity contribution in [2.75, 3.05) is 5.94 Å². The van der Waals surface area contributed by atoms with Gasteiger partial charge in [0, 0.05) is 34.4 Å². The zero-order chi connectivity index (χ0) is 17.5. The maximum absolute atomic E-state index is 13.7. The summed E-state index contributed by atoms with van der Waals surface area (Å²) < 4.78 is 51.3. The van der Waals surface area contributed by atoms with E-state index in [9.17, 15) is 17.2 Å². The van der Waals surface area contributed by atoms with Crippen LogP contribution in [0.25, 0.3) is 22.2 Å². The van der Waals surface area contributed by atoms with E-state index in [1.807, 2.05) is 0 Å². The van der Waals surface area contributed by atoms with Crippen LogP contribution in [-0.2, 0) is 9.84 Å². The van der Waals surface area contributed by atoms with E-state index in [1.54, 1.807) is 18.2 Å². The molecule has 0 spiro atoms. The van der Waals surface area contributed by atoms with Gasteiger partial charge >= 0.3 is 0 Å². The normalized spacial score (nSPS) is 13.3. The third-order valence-corrected chi connectivity index (χ3v) is 5.59. The lowest BCUT2D eigenvalue weighted by Gasteiger charge is -2.12. The number of benzene rings is 1. The molecule has 1 unspecified atom stereocenters. The molecular formula is C16H14F2N2O3S. The highest BCUT2D eigenvalue weighted by Gasteiger charge is 2.28. The van der Waals surface area contributed by atoms with Gasteiger partial charge in [-0.25, -0.2) is 17.2 Å². The number of pyridine rings is 1. The smallest absolute Gasteiger partial charge is 0.182 e. The minimum absolute atomic E-state index is 0.225. The fourth-order valence-electron chi connectivity index (χ4n) is 2.59. The second-order valence-electron chi connectivity index (χ2n) is 5.37. The summed E-state index contributed by atoms with van der Waals surface area (Å²) >= 11 is 0. The Balaban J connectivity index is 2.37. The SMILES string of the molecule is CC(c1[nH]c2cc(F)c(F)cc2c1-c1ccccn1)S(=O)(=O)CO. The number of rotatable bonds is 4. The maximum Gasteiger partial charge on any atom is 0.182 e. The van der Waals surface area contributed by atoms with Gasteiger partial charge in [-0.1, -0.05) is 6.07 Å². The van der Waals surface area contributed by atoms with Crippen molar-refractivity contribution in [3.8, 4) is 11.3 Å². The molecule has 5 nitrogen and oxygen atoms in total. The predicted molar refractivity (Wildman–Crippen MR) is 85.9 cm³/mol. The number of H-pyrrole nitrogens is 1. The molecule has 24 heavy (non-hydrogen) atoms. The van der Waals surface area contributed by atoms with Gasteiger partial charge in [0.25, 0.3) is 0 Å². The lowest BCUT2D eigenvalue weighted by Crippen LogP contribution is -2.15. The Morgan fingerprint density at radius 1 is 1.25 bits per heavy atom. The van der Waals surface area contributed by atoms with Gasteiger partial charge in [0.15, 0.2) is 21.5 Å². The fraction of sp³-hybridized carbons (Fsp3) is 0.188. The first-order chi connectivity index (χ1) is 11.3. The number of hydrogen-bond acceptors (Lipinski definition) is 4.